The van der Waals surface area contributed by atoms with Crippen LogP contribution in [-0.2, 0) is 22.7 Å². The first-order valence-electron chi connectivity index (χ1n) is 12.0. The first-order valence-corrected chi connectivity index (χ1v) is 12.0. The average Bonchev–Trinajstić information content (AvgIpc) is 3.43. The zero-order chi connectivity index (χ0) is 24.7. The Morgan fingerprint density at radius 3 is 2.66 bits per heavy atom. The topological polar surface area (TPSA) is 96.6 Å². The van der Waals surface area contributed by atoms with Gasteiger partial charge in [-0.25, -0.2) is 4.39 Å². The van der Waals surface area contributed by atoms with Gasteiger partial charge in [-0.15, -0.1) is 0 Å². The van der Waals surface area contributed by atoms with Crippen molar-refractivity contribution in [3.8, 4) is 0 Å². The number of nitrogens with one attached hydrogen (secondary N) is 2. The van der Waals surface area contributed by atoms with Gasteiger partial charge in [0, 0.05) is 18.4 Å². The summed E-state index contributed by atoms with van der Waals surface area (Å²) in [5, 5.41) is 6.31. The van der Waals surface area contributed by atoms with Crippen LogP contribution in [0.2, 0.25) is 0 Å². The Balaban J connectivity index is 1.63. The summed E-state index contributed by atoms with van der Waals surface area (Å²) in [5.74, 6) is -0.996. The molecule has 2 aromatic heterocycles. The summed E-state index contributed by atoms with van der Waals surface area (Å²) in [5.41, 5.74) is -0.193. The Kier molecular flexibility index (Phi) is 5.86. The Morgan fingerprint density at radius 1 is 1.20 bits per heavy atom. The summed E-state index contributed by atoms with van der Waals surface area (Å²) in [7, 11) is 0. The number of amides is 3. The van der Waals surface area contributed by atoms with E-state index in [1.165, 1.54) is 30.2 Å². The number of benzene rings is 1. The number of furan rings is 1. The lowest BCUT2D eigenvalue weighted by molar-refractivity contribution is -0.134. The highest BCUT2D eigenvalue weighted by Crippen LogP contribution is 2.40. The molecule has 35 heavy (non-hydrogen) atoms. The molecule has 0 spiro atoms. The second kappa shape index (κ2) is 8.87. The number of aromatic nitrogens is 1. The van der Waals surface area contributed by atoms with Crippen LogP contribution in [0, 0.1) is 5.82 Å². The lowest BCUT2D eigenvalue weighted by Gasteiger charge is -2.44. The fraction of sp³-hybridized carbons (Fsp3) is 0.423. The first-order chi connectivity index (χ1) is 16.8. The van der Waals surface area contributed by atoms with E-state index in [9.17, 15) is 18.8 Å². The molecule has 2 N–H and O–H groups in total. The minimum atomic E-state index is -1.23. The van der Waals surface area contributed by atoms with Crippen LogP contribution in [0.3, 0.4) is 0 Å². The van der Waals surface area contributed by atoms with E-state index in [0.717, 1.165) is 32.1 Å². The molecule has 0 radical (unpaired) electrons. The van der Waals surface area contributed by atoms with Gasteiger partial charge in [0.2, 0.25) is 11.8 Å². The highest BCUT2D eigenvalue weighted by atomic mass is 19.1. The minimum Gasteiger partial charge on any atom is -0.467 e. The number of nitrogens with zero attached hydrogens (tertiary/aromatic N) is 2. The summed E-state index contributed by atoms with van der Waals surface area (Å²) < 4.78 is 21.4. The van der Waals surface area contributed by atoms with Crippen LogP contribution in [0.5, 0.6) is 0 Å². The number of hydrogen-bond donors (Lipinski definition) is 2. The van der Waals surface area contributed by atoms with E-state index in [2.05, 4.69) is 10.6 Å². The maximum Gasteiger partial charge on any atom is 0.274 e. The molecule has 0 saturated heterocycles. The molecule has 0 bridgehead atoms. The number of rotatable bonds is 5. The van der Waals surface area contributed by atoms with E-state index in [4.69, 9.17) is 4.42 Å². The van der Waals surface area contributed by atoms with E-state index in [-0.39, 0.29) is 42.3 Å². The second-order valence-electron chi connectivity index (χ2n) is 9.71. The van der Waals surface area contributed by atoms with Crippen LogP contribution in [0.25, 0.3) is 10.9 Å². The van der Waals surface area contributed by atoms with Crippen LogP contribution in [0.1, 0.15) is 62.2 Å². The molecule has 1 fully saturated rings. The summed E-state index contributed by atoms with van der Waals surface area (Å²) in [4.78, 5) is 41.3. The van der Waals surface area contributed by atoms with Crippen molar-refractivity contribution in [2.24, 2.45) is 0 Å². The quantitative estimate of drug-likeness (QED) is 0.572. The van der Waals surface area contributed by atoms with Crippen molar-refractivity contribution in [3.05, 3.63) is 53.9 Å². The second-order valence-corrected chi connectivity index (χ2v) is 9.71. The normalized spacial score (nSPS) is 20.7. The predicted molar refractivity (Wildman–Crippen MR) is 128 cm³/mol. The van der Waals surface area contributed by atoms with Gasteiger partial charge in [-0.2, -0.15) is 0 Å². The van der Waals surface area contributed by atoms with E-state index in [1.54, 1.807) is 29.7 Å². The Morgan fingerprint density at radius 2 is 1.97 bits per heavy atom. The van der Waals surface area contributed by atoms with Gasteiger partial charge in [0.15, 0.2) is 0 Å². The van der Waals surface area contributed by atoms with Crippen molar-refractivity contribution in [2.45, 2.75) is 70.6 Å². The average molecular weight is 481 g/mol. The summed E-state index contributed by atoms with van der Waals surface area (Å²) in [6.07, 6.45) is 6.64. The molecule has 1 atom stereocenters. The van der Waals surface area contributed by atoms with Crippen molar-refractivity contribution < 1.29 is 23.2 Å². The maximum atomic E-state index is 14.2. The summed E-state index contributed by atoms with van der Waals surface area (Å²) in [6, 6.07) is 7.74. The number of carbonyl (C=O) groups is 3. The smallest absolute Gasteiger partial charge is 0.274 e. The van der Waals surface area contributed by atoms with Gasteiger partial charge in [-0.3, -0.25) is 14.4 Å². The van der Waals surface area contributed by atoms with E-state index < -0.39 is 17.3 Å². The van der Waals surface area contributed by atoms with Crippen LogP contribution in [-0.4, -0.2) is 38.8 Å². The third kappa shape index (κ3) is 4.09. The van der Waals surface area contributed by atoms with E-state index >= 15 is 0 Å². The largest absolute Gasteiger partial charge is 0.467 e. The fourth-order valence-corrected chi connectivity index (χ4v) is 5.35. The van der Waals surface area contributed by atoms with Gasteiger partial charge < -0.3 is 24.5 Å². The third-order valence-electron chi connectivity index (χ3n) is 7.16. The lowest BCUT2D eigenvalue weighted by Crippen LogP contribution is -2.64. The molecule has 3 amide bonds. The Bertz CT molecular complexity index is 1290. The van der Waals surface area contributed by atoms with Crippen molar-refractivity contribution in [1.82, 2.24) is 14.8 Å². The maximum absolute atomic E-state index is 14.2. The summed E-state index contributed by atoms with van der Waals surface area (Å²) >= 11 is 0. The molecule has 9 heteroatoms. The van der Waals surface area contributed by atoms with Crippen LogP contribution < -0.4 is 10.6 Å². The zero-order valence-electron chi connectivity index (χ0n) is 19.9. The van der Waals surface area contributed by atoms with Crippen molar-refractivity contribution in [1.29, 1.82) is 0 Å². The molecule has 3 heterocycles. The van der Waals surface area contributed by atoms with Crippen molar-refractivity contribution >= 4 is 34.3 Å². The van der Waals surface area contributed by atoms with Gasteiger partial charge >= 0.3 is 0 Å². The lowest BCUT2D eigenvalue weighted by atomic mass is 9.91. The minimum absolute atomic E-state index is 0.0699. The molecule has 1 saturated carbocycles. The number of halogens is 1. The molecular weight excluding hydrogens is 451 g/mol. The number of fused-ring (bicyclic) bond motifs is 3. The molecular formula is C26H29FN4O4. The van der Waals surface area contributed by atoms with Crippen LogP contribution >= 0.6 is 0 Å². The third-order valence-corrected chi connectivity index (χ3v) is 7.16. The molecule has 8 nitrogen and oxygen atoms in total. The van der Waals surface area contributed by atoms with E-state index in [0.29, 0.717) is 16.7 Å². The molecule has 184 valence electrons. The highest BCUT2D eigenvalue weighted by Gasteiger charge is 2.49. The SMILES string of the molecule is CC(=O)Nc1c2n(c3ccc(F)cc13)CC(C)(C(=O)NC1CCCCC1)N(Cc1ccco1)C2=O. The molecule has 1 aromatic carbocycles. The van der Waals surface area contributed by atoms with Crippen LogP contribution in [0.4, 0.5) is 10.1 Å². The van der Waals surface area contributed by atoms with Gasteiger partial charge in [0.05, 0.1) is 30.6 Å². The summed E-state index contributed by atoms with van der Waals surface area (Å²) in [6.45, 7) is 3.32. The van der Waals surface area contributed by atoms with Crippen LogP contribution in [0.15, 0.2) is 41.0 Å². The molecule has 1 unspecified atom stereocenters. The number of carbonyl (C=O) groups excluding carboxylic acids is 3. The molecule has 2 aliphatic rings. The molecule has 1 aliphatic carbocycles. The van der Waals surface area contributed by atoms with Gasteiger partial charge in [-0.1, -0.05) is 19.3 Å². The molecule has 3 aromatic rings. The van der Waals surface area contributed by atoms with Gasteiger partial charge in [0.25, 0.3) is 5.91 Å². The highest BCUT2D eigenvalue weighted by molar-refractivity contribution is 6.14. The molecule has 1 aliphatic heterocycles. The van der Waals surface area contributed by atoms with Gasteiger partial charge in [-0.05, 0) is 50.1 Å². The Labute approximate surface area is 202 Å². The van der Waals surface area contributed by atoms with Crippen molar-refractivity contribution in [2.75, 3.05) is 5.32 Å². The molecule has 5 rings (SSSR count). The first kappa shape index (κ1) is 23.1. The number of anilines is 1. The van der Waals surface area contributed by atoms with Gasteiger partial charge in [0.1, 0.15) is 22.8 Å². The fourth-order valence-electron chi connectivity index (χ4n) is 5.35. The van der Waals surface area contributed by atoms with Crippen molar-refractivity contribution in [3.63, 3.8) is 0 Å². The number of hydrogen-bond acceptors (Lipinski definition) is 4. The Hall–Kier alpha value is -3.62. The standard InChI is InChI=1S/C26H29FN4O4/c1-16(32)28-22-20-13-17(27)10-11-21(20)30-15-26(2,25(34)29-18-7-4-3-5-8-18)31(24(33)23(22)30)14-19-9-6-12-35-19/h6,9-13,18H,3-5,7-8,14-15H2,1-2H3,(H,28,32)(H,29,34). The monoisotopic (exact) mass is 480 g/mol. The zero-order valence-corrected chi connectivity index (χ0v) is 19.9. The predicted octanol–water partition coefficient (Wildman–Crippen LogP) is 4.20. The van der Waals surface area contributed by atoms with E-state index in [1.807, 2.05) is 0 Å².